The van der Waals surface area contributed by atoms with Gasteiger partial charge in [0.2, 0.25) is 0 Å². The molecule has 1 aliphatic rings. The molecule has 0 spiro atoms. The first kappa shape index (κ1) is 19.7. The van der Waals surface area contributed by atoms with Gasteiger partial charge in [0.25, 0.3) is 5.56 Å². The van der Waals surface area contributed by atoms with Crippen molar-refractivity contribution in [3.8, 4) is 11.4 Å². The molecule has 1 aliphatic heterocycles. The molecule has 0 aliphatic carbocycles. The Morgan fingerprint density at radius 1 is 1.24 bits per heavy atom. The van der Waals surface area contributed by atoms with Crippen molar-refractivity contribution in [3.63, 3.8) is 0 Å². The summed E-state index contributed by atoms with van der Waals surface area (Å²) < 4.78 is 39.9. The van der Waals surface area contributed by atoms with Gasteiger partial charge in [-0.05, 0) is 12.1 Å². The quantitative estimate of drug-likeness (QED) is 0.701. The number of rotatable bonds is 3. The average Bonchev–Trinajstić information content (AvgIpc) is 2.98. The number of hydrogen-bond donors (Lipinski definition) is 1. The minimum absolute atomic E-state index is 0.267. The van der Waals surface area contributed by atoms with Gasteiger partial charge in [-0.25, -0.2) is 4.98 Å². The number of H-pyrrole nitrogens is 1. The van der Waals surface area contributed by atoms with Crippen molar-refractivity contribution in [1.29, 1.82) is 0 Å². The zero-order valence-corrected chi connectivity index (χ0v) is 16.2. The van der Waals surface area contributed by atoms with Crippen LogP contribution in [0.25, 0.3) is 11.4 Å². The number of hydrogen-bond acceptors (Lipinski definition) is 4. The van der Waals surface area contributed by atoms with E-state index in [2.05, 4.69) is 20.0 Å². The monoisotopic (exact) mass is 423 g/mol. The van der Waals surface area contributed by atoms with Crippen molar-refractivity contribution in [2.75, 3.05) is 6.54 Å². The van der Waals surface area contributed by atoms with Crippen molar-refractivity contribution in [3.05, 3.63) is 68.4 Å². The van der Waals surface area contributed by atoms with Gasteiger partial charge in [0.15, 0.2) is 0 Å². The van der Waals surface area contributed by atoms with Gasteiger partial charge in [-0.2, -0.15) is 18.3 Å². The second kappa shape index (κ2) is 7.31. The maximum atomic E-state index is 12.7. The normalized spacial score (nSPS) is 14.8. The lowest BCUT2D eigenvalue weighted by Gasteiger charge is -2.27. The summed E-state index contributed by atoms with van der Waals surface area (Å²) in [6, 6.07) is 4.58. The van der Waals surface area contributed by atoms with E-state index in [-0.39, 0.29) is 11.4 Å². The number of halogens is 4. The molecular weight excluding hydrogens is 407 g/mol. The van der Waals surface area contributed by atoms with Gasteiger partial charge in [0, 0.05) is 44.9 Å². The highest BCUT2D eigenvalue weighted by Crippen LogP contribution is 2.30. The maximum absolute atomic E-state index is 12.7. The summed E-state index contributed by atoms with van der Waals surface area (Å²) in [6.07, 6.45) is -2.13. The van der Waals surface area contributed by atoms with E-state index in [0.29, 0.717) is 47.9 Å². The molecule has 3 aromatic rings. The van der Waals surface area contributed by atoms with Crippen molar-refractivity contribution in [1.82, 2.24) is 24.6 Å². The van der Waals surface area contributed by atoms with E-state index in [0.717, 1.165) is 17.8 Å². The predicted molar refractivity (Wildman–Crippen MR) is 101 cm³/mol. The van der Waals surface area contributed by atoms with Gasteiger partial charge in [-0.1, -0.05) is 23.7 Å². The third-order valence-corrected chi connectivity index (χ3v) is 5.18. The molecule has 1 N–H and O–H groups in total. The number of nitrogens with one attached hydrogen (secondary N) is 1. The van der Waals surface area contributed by atoms with Crippen LogP contribution < -0.4 is 5.56 Å². The molecule has 0 fully saturated rings. The van der Waals surface area contributed by atoms with Gasteiger partial charge in [0.1, 0.15) is 5.82 Å². The molecule has 29 heavy (non-hydrogen) atoms. The summed E-state index contributed by atoms with van der Waals surface area (Å²) in [4.78, 5) is 21.8. The van der Waals surface area contributed by atoms with Crippen LogP contribution in [0.5, 0.6) is 0 Å². The molecule has 0 atom stereocenters. The molecule has 0 saturated heterocycles. The fourth-order valence-corrected chi connectivity index (χ4v) is 3.63. The van der Waals surface area contributed by atoms with Gasteiger partial charge >= 0.3 is 6.18 Å². The predicted octanol–water partition coefficient (Wildman–Crippen LogP) is 3.40. The summed E-state index contributed by atoms with van der Waals surface area (Å²) in [5, 5.41) is 4.89. The van der Waals surface area contributed by atoms with E-state index in [4.69, 9.17) is 11.6 Å². The second-order valence-corrected chi connectivity index (χ2v) is 7.38. The van der Waals surface area contributed by atoms with Crippen LogP contribution in [-0.2, 0) is 32.7 Å². The summed E-state index contributed by atoms with van der Waals surface area (Å²) >= 11 is 6.16. The maximum Gasteiger partial charge on any atom is 0.416 e. The third-order valence-electron chi connectivity index (χ3n) is 4.86. The average molecular weight is 424 g/mol. The molecule has 0 unspecified atom stereocenters. The Balaban J connectivity index is 1.57. The van der Waals surface area contributed by atoms with Gasteiger partial charge in [-0.3, -0.25) is 14.4 Å². The highest BCUT2D eigenvalue weighted by atomic mass is 35.5. The van der Waals surface area contributed by atoms with E-state index in [1.807, 2.05) is 0 Å². The van der Waals surface area contributed by atoms with Crippen molar-refractivity contribution < 1.29 is 13.2 Å². The SMILES string of the molecule is Cn1cc(Cl)c(CN2CCc3nc(-c4ccc(C(F)(F)F)cc4)[nH]c(=O)c3C2)n1. The minimum atomic E-state index is -4.41. The number of alkyl halides is 3. The largest absolute Gasteiger partial charge is 0.416 e. The van der Waals surface area contributed by atoms with E-state index >= 15 is 0 Å². The third kappa shape index (κ3) is 4.06. The second-order valence-electron chi connectivity index (χ2n) is 6.97. The first-order valence-electron chi connectivity index (χ1n) is 8.91. The fraction of sp³-hybridized carbons (Fsp3) is 0.316. The van der Waals surface area contributed by atoms with Gasteiger partial charge in [0.05, 0.1) is 27.5 Å². The molecule has 6 nitrogen and oxygen atoms in total. The van der Waals surface area contributed by atoms with Crippen LogP contribution in [0.4, 0.5) is 13.2 Å². The Labute approximate surface area is 168 Å². The Morgan fingerprint density at radius 2 is 1.97 bits per heavy atom. The van der Waals surface area contributed by atoms with E-state index in [1.165, 1.54) is 12.1 Å². The molecule has 0 bridgehead atoms. The topological polar surface area (TPSA) is 66.8 Å². The van der Waals surface area contributed by atoms with Gasteiger partial charge < -0.3 is 4.98 Å². The van der Waals surface area contributed by atoms with Crippen LogP contribution in [0.2, 0.25) is 5.02 Å². The standard InChI is InChI=1S/C19H17ClF3N5O/c1-27-9-14(20)16(26-27)10-28-7-6-15-13(8-28)18(29)25-17(24-15)11-2-4-12(5-3-11)19(21,22)23/h2-5,9H,6-8,10H2,1H3,(H,24,25,29). The molecule has 3 heterocycles. The molecule has 10 heteroatoms. The lowest BCUT2D eigenvalue weighted by molar-refractivity contribution is -0.137. The van der Waals surface area contributed by atoms with Crippen molar-refractivity contribution in [2.24, 2.45) is 7.05 Å². The lowest BCUT2D eigenvalue weighted by Crippen LogP contribution is -2.35. The smallest absolute Gasteiger partial charge is 0.306 e. The molecular formula is C19H17ClF3N5O. The first-order valence-corrected chi connectivity index (χ1v) is 9.28. The van der Waals surface area contributed by atoms with Crippen molar-refractivity contribution in [2.45, 2.75) is 25.7 Å². The highest BCUT2D eigenvalue weighted by molar-refractivity contribution is 6.31. The number of benzene rings is 1. The number of aryl methyl sites for hydroxylation is 1. The number of aromatic nitrogens is 4. The lowest BCUT2D eigenvalue weighted by atomic mass is 10.1. The Bertz CT molecular complexity index is 1100. The number of fused-ring (bicyclic) bond motifs is 1. The zero-order chi connectivity index (χ0) is 20.8. The van der Waals surface area contributed by atoms with Crippen LogP contribution in [0.15, 0.2) is 35.3 Å². The summed E-state index contributed by atoms with van der Waals surface area (Å²) in [6.45, 7) is 1.58. The van der Waals surface area contributed by atoms with Crippen LogP contribution in [0, 0.1) is 0 Å². The molecule has 2 aromatic heterocycles. The minimum Gasteiger partial charge on any atom is -0.306 e. The molecule has 0 amide bonds. The van der Waals surface area contributed by atoms with Crippen LogP contribution in [-0.4, -0.2) is 31.2 Å². The number of aromatic amines is 1. The summed E-state index contributed by atoms with van der Waals surface area (Å²) in [5.41, 5.74) is 1.35. The molecule has 1 aromatic carbocycles. The van der Waals surface area contributed by atoms with Gasteiger partial charge in [-0.15, -0.1) is 0 Å². The summed E-state index contributed by atoms with van der Waals surface area (Å²) in [7, 11) is 1.79. The molecule has 0 saturated carbocycles. The Morgan fingerprint density at radius 3 is 2.59 bits per heavy atom. The van der Waals surface area contributed by atoms with E-state index in [9.17, 15) is 18.0 Å². The van der Waals surface area contributed by atoms with E-state index in [1.54, 1.807) is 17.9 Å². The highest BCUT2D eigenvalue weighted by Gasteiger charge is 2.30. The molecule has 4 rings (SSSR count). The first-order chi connectivity index (χ1) is 13.7. The fourth-order valence-electron chi connectivity index (χ4n) is 3.39. The van der Waals surface area contributed by atoms with Crippen molar-refractivity contribution >= 4 is 11.6 Å². The molecule has 0 radical (unpaired) electrons. The van der Waals surface area contributed by atoms with Crippen LogP contribution in [0.1, 0.15) is 22.5 Å². The number of nitrogens with zero attached hydrogens (tertiary/aromatic N) is 4. The Hall–Kier alpha value is -2.65. The van der Waals surface area contributed by atoms with Crippen LogP contribution >= 0.6 is 11.6 Å². The van der Waals surface area contributed by atoms with E-state index < -0.39 is 11.7 Å². The summed E-state index contributed by atoms with van der Waals surface area (Å²) in [5.74, 6) is 0.267. The zero-order valence-electron chi connectivity index (χ0n) is 15.4. The Kier molecular flexibility index (Phi) is 4.95. The molecule has 152 valence electrons. The van der Waals surface area contributed by atoms with Crippen LogP contribution in [0.3, 0.4) is 0 Å².